The zero-order valence-electron chi connectivity index (χ0n) is 18.4. The summed E-state index contributed by atoms with van der Waals surface area (Å²) in [4.78, 5) is 41.1. The lowest BCUT2D eigenvalue weighted by atomic mass is 10.1. The minimum absolute atomic E-state index is 0.0587. The third-order valence-electron chi connectivity index (χ3n) is 5.66. The summed E-state index contributed by atoms with van der Waals surface area (Å²) >= 11 is 1.29. The Kier molecular flexibility index (Phi) is 7.29. The normalized spacial score (nSPS) is 14.7. The highest BCUT2D eigenvalue weighted by molar-refractivity contribution is 7.12. The fourth-order valence-electron chi connectivity index (χ4n) is 4.02. The summed E-state index contributed by atoms with van der Waals surface area (Å²) in [5.41, 5.74) is 0. The number of hydrogen-bond acceptors (Lipinski definition) is 6. The van der Waals surface area contributed by atoms with Gasteiger partial charge < -0.3 is 24.4 Å². The van der Waals surface area contributed by atoms with E-state index < -0.39 is 11.9 Å². The Balaban J connectivity index is 1.58. The van der Waals surface area contributed by atoms with Crippen LogP contribution in [-0.4, -0.2) is 35.2 Å². The molecule has 1 fully saturated rings. The molecule has 2 N–H and O–H groups in total. The molecule has 0 saturated heterocycles. The Labute approximate surface area is 195 Å². The number of carbonyl (C=O) groups excluding carboxylic acids is 3. The van der Waals surface area contributed by atoms with Gasteiger partial charge in [-0.3, -0.25) is 14.4 Å². The first kappa shape index (κ1) is 22.8. The smallest absolute Gasteiger partial charge is 0.261 e. The van der Waals surface area contributed by atoms with E-state index in [1.54, 1.807) is 48.7 Å². The van der Waals surface area contributed by atoms with Gasteiger partial charge in [0.2, 0.25) is 5.91 Å². The zero-order chi connectivity index (χ0) is 23.2. The Morgan fingerprint density at radius 3 is 2.61 bits per heavy atom. The Morgan fingerprint density at radius 2 is 1.97 bits per heavy atom. The molecular formula is C24H27N3O5S. The van der Waals surface area contributed by atoms with E-state index in [0.717, 1.165) is 25.7 Å². The van der Waals surface area contributed by atoms with Gasteiger partial charge in [-0.25, -0.2) is 0 Å². The molecule has 0 radical (unpaired) electrons. The second-order valence-corrected chi connectivity index (χ2v) is 9.05. The zero-order valence-corrected chi connectivity index (χ0v) is 19.2. The molecule has 0 bridgehead atoms. The molecule has 3 aromatic heterocycles. The third-order valence-corrected chi connectivity index (χ3v) is 6.53. The lowest BCUT2D eigenvalue weighted by molar-refractivity contribution is -0.142. The number of amides is 3. The molecule has 174 valence electrons. The number of nitrogens with zero attached hydrogens (tertiary/aromatic N) is 1. The Bertz CT molecular complexity index is 1070. The van der Waals surface area contributed by atoms with Crippen LogP contribution < -0.4 is 10.6 Å². The number of hydrogen-bond donors (Lipinski definition) is 2. The summed E-state index contributed by atoms with van der Waals surface area (Å²) in [7, 11) is 0. The van der Waals surface area contributed by atoms with Crippen molar-refractivity contribution < 1.29 is 23.2 Å². The number of furan rings is 2. The maximum Gasteiger partial charge on any atom is 0.261 e. The molecular weight excluding hydrogens is 442 g/mol. The first-order valence-electron chi connectivity index (χ1n) is 11.0. The molecule has 0 aliphatic heterocycles. The second kappa shape index (κ2) is 10.5. The van der Waals surface area contributed by atoms with Crippen molar-refractivity contribution in [2.45, 2.75) is 51.2 Å². The monoisotopic (exact) mass is 469 g/mol. The van der Waals surface area contributed by atoms with E-state index in [2.05, 4.69) is 10.6 Å². The fraction of sp³-hybridized carbons (Fsp3) is 0.375. The molecule has 9 heteroatoms. The van der Waals surface area contributed by atoms with Gasteiger partial charge in [0.15, 0.2) is 6.04 Å². The Morgan fingerprint density at radius 1 is 1.15 bits per heavy atom. The predicted octanol–water partition coefficient (Wildman–Crippen LogP) is 3.80. The van der Waals surface area contributed by atoms with E-state index in [4.69, 9.17) is 8.83 Å². The van der Waals surface area contributed by atoms with Crippen molar-refractivity contribution in [2.24, 2.45) is 0 Å². The maximum atomic E-state index is 13.4. The third kappa shape index (κ3) is 5.73. The molecule has 0 aromatic carbocycles. The van der Waals surface area contributed by atoms with E-state index in [0.29, 0.717) is 22.2 Å². The molecule has 3 amide bonds. The van der Waals surface area contributed by atoms with Crippen LogP contribution in [0.1, 0.15) is 58.7 Å². The number of aryl methyl sites for hydroxylation is 1. The van der Waals surface area contributed by atoms with Gasteiger partial charge in [-0.05, 0) is 55.5 Å². The van der Waals surface area contributed by atoms with Crippen molar-refractivity contribution in [3.05, 3.63) is 70.2 Å². The molecule has 4 rings (SSSR count). The van der Waals surface area contributed by atoms with Gasteiger partial charge in [-0.2, -0.15) is 0 Å². The SMILES string of the molecule is Cc1ccc(C(C(=O)NC2CCCC2)N(Cc2ccco2)C(=O)CNC(=O)c2cccs2)o1. The first-order valence-corrected chi connectivity index (χ1v) is 11.9. The maximum absolute atomic E-state index is 13.4. The predicted molar refractivity (Wildman–Crippen MR) is 122 cm³/mol. The van der Waals surface area contributed by atoms with Gasteiger partial charge in [-0.15, -0.1) is 11.3 Å². The summed E-state index contributed by atoms with van der Waals surface area (Å²) in [6.07, 6.45) is 5.48. The minimum Gasteiger partial charge on any atom is -0.467 e. The molecule has 3 aromatic rings. The Hall–Kier alpha value is -3.33. The van der Waals surface area contributed by atoms with Crippen molar-refractivity contribution >= 4 is 29.1 Å². The molecule has 33 heavy (non-hydrogen) atoms. The summed E-state index contributed by atoms with van der Waals surface area (Å²) < 4.78 is 11.3. The topological polar surface area (TPSA) is 105 Å². The summed E-state index contributed by atoms with van der Waals surface area (Å²) in [6.45, 7) is 1.59. The van der Waals surface area contributed by atoms with Crippen molar-refractivity contribution in [3.63, 3.8) is 0 Å². The van der Waals surface area contributed by atoms with Crippen LogP contribution in [0.5, 0.6) is 0 Å². The number of carbonyl (C=O) groups is 3. The van der Waals surface area contributed by atoms with Crippen LogP contribution >= 0.6 is 11.3 Å². The molecule has 1 aliphatic carbocycles. The van der Waals surface area contributed by atoms with Crippen molar-refractivity contribution in [1.29, 1.82) is 0 Å². The van der Waals surface area contributed by atoms with Gasteiger partial charge in [0.05, 0.1) is 24.2 Å². The molecule has 1 unspecified atom stereocenters. The molecule has 1 saturated carbocycles. The molecule has 3 heterocycles. The average molecular weight is 470 g/mol. The lowest BCUT2D eigenvalue weighted by Crippen LogP contribution is -2.48. The highest BCUT2D eigenvalue weighted by Crippen LogP contribution is 2.27. The van der Waals surface area contributed by atoms with Crippen LogP contribution in [0.25, 0.3) is 0 Å². The van der Waals surface area contributed by atoms with Gasteiger partial charge >= 0.3 is 0 Å². The van der Waals surface area contributed by atoms with Crippen LogP contribution in [0, 0.1) is 6.92 Å². The van der Waals surface area contributed by atoms with Crippen LogP contribution in [-0.2, 0) is 16.1 Å². The van der Waals surface area contributed by atoms with Crippen molar-refractivity contribution in [2.75, 3.05) is 6.54 Å². The lowest BCUT2D eigenvalue weighted by Gasteiger charge is -2.30. The van der Waals surface area contributed by atoms with E-state index in [1.807, 2.05) is 0 Å². The van der Waals surface area contributed by atoms with Gasteiger partial charge in [0.25, 0.3) is 11.8 Å². The average Bonchev–Trinajstić information content (AvgIpc) is 3.60. The van der Waals surface area contributed by atoms with Crippen LogP contribution in [0.4, 0.5) is 0 Å². The van der Waals surface area contributed by atoms with E-state index in [1.165, 1.54) is 22.5 Å². The number of nitrogens with one attached hydrogen (secondary N) is 2. The van der Waals surface area contributed by atoms with Crippen LogP contribution in [0.3, 0.4) is 0 Å². The van der Waals surface area contributed by atoms with Crippen molar-refractivity contribution in [1.82, 2.24) is 15.5 Å². The van der Waals surface area contributed by atoms with Gasteiger partial charge in [-0.1, -0.05) is 18.9 Å². The first-order chi connectivity index (χ1) is 16.0. The number of thiophene rings is 1. The molecule has 1 atom stereocenters. The highest BCUT2D eigenvalue weighted by atomic mass is 32.1. The largest absolute Gasteiger partial charge is 0.467 e. The summed E-state index contributed by atoms with van der Waals surface area (Å²) in [5.74, 6) is 0.470. The summed E-state index contributed by atoms with van der Waals surface area (Å²) in [6, 6.07) is 9.48. The van der Waals surface area contributed by atoms with Gasteiger partial charge in [0.1, 0.15) is 17.3 Å². The standard InChI is InChI=1S/C24H27N3O5S/c1-16-10-11-19(32-16)22(24(30)26-17-6-2-3-7-17)27(15-18-8-4-12-31-18)21(28)14-25-23(29)20-9-5-13-33-20/h4-5,8-13,17,22H,2-3,6-7,14-15H2,1H3,(H,25,29)(H,26,30). The van der Waals surface area contributed by atoms with Crippen LogP contribution in [0.2, 0.25) is 0 Å². The van der Waals surface area contributed by atoms with Crippen molar-refractivity contribution in [3.8, 4) is 0 Å². The second-order valence-electron chi connectivity index (χ2n) is 8.10. The van der Waals surface area contributed by atoms with Crippen LogP contribution in [0.15, 0.2) is 56.9 Å². The van der Waals surface area contributed by atoms with Gasteiger partial charge in [0, 0.05) is 6.04 Å². The van der Waals surface area contributed by atoms with E-state index >= 15 is 0 Å². The summed E-state index contributed by atoms with van der Waals surface area (Å²) in [5, 5.41) is 7.53. The van der Waals surface area contributed by atoms with E-state index in [-0.39, 0.29) is 30.9 Å². The number of rotatable bonds is 9. The molecule has 8 nitrogen and oxygen atoms in total. The quantitative estimate of drug-likeness (QED) is 0.496. The highest BCUT2D eigenvalue weighted by Gasteiger charge is 2.36. The fourth-order valence-corrected chi connectivity index (χ4v) is 4.66. The minimum atomic E-state index is -0.990. The molecule has 1 aliphatic rings. The molecule has 0 spiro atoms. The van der Waals surface area contributed by atoms with E-state index in [9.17, 15) is 14.4 Å².